The predicted octanol–water partition coefficient (Wildman–Crippen LogP) is 2.16. The zero-order valence-corrected chi connectivity index (χ0v) is 12.0. The number of thiazole rings is 1. The van der Waals surface area contributed by atoms with E-state index >= 15 is 0 Å². The summed E-state index contributed by atoms with van der Waals surface area (Å²) in [4.78, 5) is 27.8. The maximum absolute atomic E-state index is 10.9. The number of hydrogen-bond donors (Lipinski definition) is 2. The van der Waals surface area contributed by atoms with Crippen molar-refractivity contribution in [2.45, 2.75) is 6.42 Å². The minimum absolute atomic E-state index is 0.0896. The Bertz CT molecular complexity index is 654. The molecule has 2 aromatic heterocycles. The molecule has 9 heteroatoms. The lowest BCUT2D eigenvalue weighted by Gasteiger charge is -2.05. The number of halogens is 1. The fourth-order valence-electron chi connectivity index (χ4n) is 1.46. The Hall–Kier alpha value is -1.74. The van der Waals surface area contributed by atoms with E-state index < -0.39 is 4.92 Å². The average molecular weight is 345 g/mol. The van der Waals surface area contributed by atoms with Crippen molar-refractivity contribution in [1.82, 2.24) is 9.97 Å². The number of aromatic amines is 1. The number of nitro groups is 1. The summed E-state index contributed by atoms with van der Waals surface area (Å²) >= 11 is 4.23. The first-order valence-corrected chi connectivity index (χ1v) is 6.94. The van der Waals surface area contributed by atoms with Gasteiger partial charge < -0.3 is 10.3 Å². The van der Waals surface area contributed by atoms with Crippen LogP contribution in [0.5, 0.6) is 0 Å². The second-order valence-corrected chi connectivity index (χ2v) is 5.39. The smallest absolute Gasteiger partial charge is 0.312 e. The van der Waals surface area contributed by atoms with E-state index in [4.69, 9.17) is 0 Å². The Morgan fingerprint density at radius 3 is 3.00 bits per heavy atom. The van der Waals surface area contributed by atoms with Crippen molar-refractivity contribution in [2.24, 2.45) is 0 Å². The Balaban J connectivity index is 2.03. The number of nitrogens with zero attached hydrogens (tertiary/aromatic N) is 2. The van der Waals surface area contributed by atoms with Crippen LogP contribution in [0.4, 0.5) is 11.5 Å². The average Bonchev–Trinajstić information content (AvgIpc) is 2.77. The van der Waals surface area contributed by atoms with Crippen molar-refractivity contribution in [3.63, 3.8) is 0 Å². The summed E-state index contributed by atoms with van der Waals surface area (Å²) in [6.45, 7) is 0.447. The fraction of sp³-hybridized carbons (Fsp3) is 0.200. The molecule has 0 atom stereocenters. The number of pyridine rings is 1. The van der Waals surface area contributed by atoms with Crippen LogP contribution in [0, 0.1) is 10.1 Å². The van der Waals surface area contributed by atoms with Gasteiger partial charge in [-0.2, -0.15) is 0 Å². The molecule has 0 aliphatic carbocycles. The highest BCUT2D eigenvalue weighted by Crippen LogP contribution is 2.25. The van der Waals surface area contributed by atoms with Crippen LogP contribution in [-0.2, 0) is 6.42 Å². The third-order valence-electron chi connectivity index (χ3n) is 2.29. The van der Waals surface area contributed by atoms with Gasteiger partial charge in [0.05, 0.1) is 4.92 Å². The lowest BCUT2D eigenvalue weighted by molar-refractivity contribution is -0.384. The molecule has 19 heavy (non-hydrogen) atoms. The van der Waals surface area contributed by atoms with Crippen LogP contribution in [0.25, 0.3) is 0 Å². The number of hydrogen-bond acceptors (Lipinski definition) is 6. The zero-order chi connectivity index (χ0) is 13.8. The van der Waals surface area contributed by atoms with Crippen molar-refractivity contribution >= 4 is 38.8 Å². The van der Waals surface area contributed by atoms with Crippen molar-refractivity contribution in [3.8, 4) is 0 Å². The molecule has 0 aromatic carbocycles. The van der Waals surface area contributed by atoms with Crippen molar-refractivity contribution in [1.29, 1.82) is 0 Å². The van der Waals surface area contributed by atoms with E-state index in [2.05, 4.69) is 31.2 Å². The van der Waals surface area contributed by atoms with Crippen LogP contribution in [0.1, 0.15) is 5.69 Å². The highest BCUT2D eigenvalue weighted by molar-refractivity contribution is 9.10. The molecule has 0 fully saturated rings. The molecule has 100 valence electrons. The molecule has 0 aliphatic rings. The van der Waals surface area contributed by atoms with E-state index in [1.807, 2.05) is 0 Å². The third kappa shape index (κ3) is 3.61. The highest BCUT2D eigenvalue weighted by Gasteiger charge is 2.15. The fourth-order valence-corrected chi connectivity index (χ4v) is 2.39. The summed E-state index contributed by atoms with van der Waals surface area (Å²) in [7, 11) is 0. The van der Waals surface area contributed by atoms with Gasteiger partial charge >= 0.3 is 10.6 Å². The summed E-state index contributed by atoms with van der Waals surface area (Å²) in [5.74, 6) is 0.214. The summed E-state index contributed by atoms with van der Waals surface area (Å²) in [6, 6.07) is 1.39. The first kappa shape index (κ1) is 13.7. The van der Waals surface area contributed by atoms with Gasteiger partial charge in [0.1, 0.15) is 0 Å². The van der Waals surface area contributed by atoms with Crippen LogP contribution in [-0.4, -0.2) is 21.4 Å². The number of anilines is 1. The Labute approximate surface area is 120 Å². The predicted molar refractivity (Wildman–Crippen MR) is 75.7 cm³/mol. The normalized spacial score (nSPS) is 10.4. The second-order valence-electron chi connectivity index (χ2n) is 3.63. The molecule has 2 rings (SSSR count). The van der Waals surface area contributed by atoms with Crippen LogP contribution in [0.3, 0.4) is 0 Å². The molecule has 0 unspecified atom stereocenters. The molecular weight excluding hydrogens is 336 g/mol. The quantitative estimate of drug-likeness (QED) is 0.639. The number of aromatic nitrogens is 2. The van der Waals surface area contributed by atoms with E-state index in [0.29, 0.717) is 17.4 Å². The van der Waals surface area contributed by atoms with Gasteiger partial charge in [0, 0.05) is 40.8 Å². The Kier molecular flexibility index (Phi) is 4.27. The third-order valence-corrected chi connectivity index (χ3v) is 3.44. The van der Waals surface area contributed by atoms with Crippen LogP contribution in [0.15, 0.2) is 26.9 Å². The van der Waals surface area contributed by atoms with Gasteiger partial charge in [0.25, 0.3) is 0 Å². The number of H-pyrrole nitrogens is 1. The second kappa shape index (κ2) is 5.93. The van der Waals surface area contributed by atoms with E-state index in [1.54, 1.807) is 5.38 Å². The summed E-state index contributed by atoms with van der Waals surface area (Å²) in [5, 5.41) is 15.5. The Morgan fingerprint density at radius 1 is 1.58 bits per heavy atom. The molecule has 0 amide bonds. The van der Waals surface area contributed by atoms with E-state index in [-0.39, 0.29) is 16.4 Å². The van der Waals surface area contributed by atoms with Gasteiger partial charge in [0.2, 0.25) is 5.82 Å². The molecule has 0 spiro atoms. The lowest BCUT2D eigenvalue weighted by Crippen LogP contribution is -2.09. The van der Waals surface area contributed by atoms with Crippen molar-refractivity contribution in [3.05, 3.63) is 47.6 Å². The van der Waals surface area contributed by atoms with Gasteiger partial charge in [0.15, 0.2) is 0 Å². The van der Waals surface area contributed by atoms with Crippen molar-refractivity contribution in [2.75, 3.05) is 11.9 Å². The summed E-state index contributed by atoms with van der Waals surface area (Å²) in [5.41, 5.74) is 0.704. The molecule has 2 heterocycles. The molecular formula is C10H9BrN4O3S. The topological polar surface area (TPSA) is 101 Å². The van der Waals surface area contributed by atoms with E-state index in [0.717, 1.165) is 17.0 Å². The monoisotopic (exact) mass is 344 g/mol. The molecule has 0 radical (unpaired) electrons. The summed E-state index contributed by atoms with van der Waals surface area (Å²) in [6.07, 6.45) is 2.05. The van der Waals surface area contributed by atoms with Gasteiger partial charge in [-0.25, -0.2) is 4.98 Å². The maximum Gasteiger partial charge on any atom is 0.312 e. The number of nitrogens with one attached hydrogen (secondary N) is 2. The molecule has 0 bridgehead atoms. The molecule has 2 N–H and O–H groups in total. The van der Waals surface area contributed by atoms with E-state index in [1.165, 1.54) is 12.3 Å². The Morgan fingerprint density at radius 2 is 2.37 bits per heavy atom. The maximum atomic E-state index is 10.9. The van der Waals surface area contributed by atoms with Gasteiger partial charge in [-0.1, -0.05) is 11.3 Å². The molecule has 2 aromatic rings. The van der Waals surface area contributed by atoms with Gasteiger partial charge in [-0.3, -0.25) is 14.9 Å². The SMILES string of the molecule is O=c1[nH]c(CCNc2ncc(Br)cc2[N+](=O)[O-])cs1. The molecule has 0 saturated heterocycles. The molecule has 7 nitrogen and oxygen atoms in total. The lowest BCUT2D eigenvalue weighted by atomic mass is 10.3. The minimum Gasteiger partial charge on any atom is -0.364 e. The summed E-state index contributed by atoms with van der Waals surface area (Å²) < 4.78 is 0.548. The van der Waals surface area contributed by atoms with Crippen LogP contribution < -0.4 is 10.2 Å². The zero-order valence-electron chi connectivity index (χ0n) is 9.55. The number of rotatable bonds is 5. The first-order valence-electron chi connectivity index (χ1n) is 5.27. The van der Waals surface area contributed by atoms with Crippen LogP contribution >= 0.6 is 27.3 Å². The standard InChI is InChI=1S/C10H9BrN4O3S/c11-6-3-8(15(17)18)9(13-4-6)12-2-1-7-5-19-10(16)14-7/h3-5H,1-2H2,(H,12,13)(H,14,16). The minimum atomic E-state index is -0.493. The molecule has 0 saturated carbocycles. The van der Waals surface area contributed by atoms with Crippen LogP contribution in [0.2, 0.25) is 0 Å². The largest absolute Gasteiger partial charge is 0.364 e. The first-order chi connectivity index (χ1) is 9.06. The van der Waals surface area contributed by atoms with E-state index in [9.17, 15) is 14.9 Å². The van der Waals surface area contributed by atoms with Gasteiger partial charge in [-0.05, 0) is 15.9 Å². The van der Waals surface area contributed by atoms with Crippen molar-refractivity contribution < 1.29 is 4.92 Å². The highest BCUT2D eigenvalue weighted by atomic mass is 79.9. The molecule has 0 aliphatic heterocycles. The van der Waals surface area contributed by atoms with Gasteiger partial charge in [-0.15, -0.1) is 0 Å².